The highest BCUT2D eigenvalue weighted by Crippen LogP contribution is 2.28. The first-order chi connectivity index (χ1) is 20.2. The normalized spacial score (nSPS) is 16.5. The Morgan fingerprint density at radius 2 is 1.57 bits per heavy atom. The van der Waals surface area contributed by atoms with E-state index in [1.165, 1.54) is 12.1 Å². The lowest BCUT2D eigenvalue weighted by Crippen LogP contribution is -2.40. The predicted octanol–water partition coefficient (Wildman–Crippen LogP) is 5.82. The van der Waals surface area contributed by atoms with E-state index in [4.69, 9.17) is 9.97 Å². The van der Waals surface area contributed by atoms with Crippen LogP contribution in [0.1, 0.15) is 47.2 Å². The number of anilines is 4. The highest BCUT2D eigenvalue weighted by molar-refractivity contribution is 6.07. The Bertz CT molecular complexity index is 1600. The molecule has 1 fully saturated rings. The van der Waals surface area contributed by atoms with Crippen LogP contribution >= 0.6 is 0 Å². The number of carbonyl (C=O) groups is 2. The summed E-state index contributed by atoms with van der Waals surface area (Å²) in [5, 5.41) is 22.8. The van der Waals surface area contributed by atoms with Crippen molar-refractivity contribution in [3.8, 4) is 5.75 Å². The number of hydrogen-bond acceptors (Lipinski definition) is 7. The molecule has 1 saturated carbocycles. The van der Waals surface area contributed by atoms with Crippen molar-refractivity contribution in [2.45, 2.75) is 51.6 Å². The number of nitrogens with zero attached hydrogens (tertiary/aromatic N) is 3. The van der Waals surface area contributed by atoms with Crippen molar-refractivity contribution < 1.29 is 14.7 Å². The SMILES string of the molecule is Cc1cc(C)c(NC(=O)Nc2ccc(O)cc2)c(C(=O)NC2CCC(Nc3nc(N(C)C)c4ccccc4n3)CC2)c1. The molecule has 0 atom stereocenters. The highest BCUT2D eigenvalue weighted by atomic mass is 16.3. The number of nitrogens with one attached hydrogen (secondary N) is 4. The third-order valence-corrected chi connectivity index (χ3v) is 7.49. The topological polar surface area (TPSA) is 132 Å². The number of carbonyl (C=O) groups excluding carboxylic acids is 2. The van der Waals surface area contributed by atoms with E-state index in [2.05, 4.69) is 21.3 Å². The Hall–Kier alpha value is -4.86. The fourth-order valence-corrected chi connectivity index (χ4v) is 5.43. The molecule has 0 aliphatic heterocycles. The molecule has 0 unspecified atom stereocenters. The van der Waals surface area contributed by atoms with E-state index in [1.54, 1.807) is 18.2 Å². The van der Waals surface area contributed by atoms with Crippen LogP contribution in [0.3, 0.4) is 0 Å². The lowest BCUT2D eigenvalue weighted by Gasteiger charge is -2.30. The third-order valence-electron chi connectivity index (χ3n) is 7.49. The quantitative estimate of drug-likeness (QED) is 0.178. The molecule has 1 aliphatic rings. The molecule has 3 amide bonds. The zero-order valence-corrected chi connectivity index (χ0v) is 24.4. The van der Waals surface area contributed by atoms with Gasteiger partial charge in [-0.05, 0) is 93.1 Å². The molecule has 0 spiro atoms. The number of aryl methyl sites for hydroxylation is 2. The number of hydrogen-bond donors (Lipinski definition) is 5. The summed E-state index contributed by atoms with van der Waals surface area (Å²) in [6.45, 7) is 3.80. The van der Waals surface area contributed by atoms with E-state index in [0.717, 1.165) is 53.5 Å². The number of benzene rings is 3. The molecule has 1 aromatic heterocycles. The van der Waals surface area contributed by atoms with Crippen LogP contribution in [-0.4, -0.2) is 53.2 Å². The summed E-state index contributed by atoms with van der Waals surface area (Å²) in [4.78, 5) is 37.7. The monoisotopic (exact) mass is 567 g/mol. The largest absolute Gasteiger partial charge is 0.508 e. The number of aromatic hydroxyl groups is 1. The summed E-state index contributed by atoms with van der Waals surface area (Å²) in [6, 6.07) is 17.7. The van der Waals surface area contributed by atoms with Gasteiger partial charge in [-0.3, -0.25) is 4.79 Å². The summed E-state index contributed by atoms with van der Waals surface area (Å²) >= 11 is 0. The van der Waals surface area contributed by atoms with E-state index in [9.17, 15) is 14.7 Å². The number of phenolic OH excluding ortho intramolecular Hbond substituents is 1. The maximum atomic E-state index is 13.5. The Morgan fingerprint density at radius 3 is 2.29 bits per heavy atom. The fourth-order valence-electron chi connectivity index (χ4n) is 5.43. The van der Waals surface area contributed by atoms with Crippen LogP contribution in [-0.2, 0) is 0 Å². The molecule has 42 heavy (non-hydrogen) atoms. The Balaban J connectivity index is 1.21. The van der Waals surface area contributed by atoms with Crippen molar-refractivity contribution in [1.29, 1.82) is 0 Å². The van der Waals surface area contributed by atoms with Gasteiger partial charge in [-0.15, -0.1) is 0 Å². The summed E-state index contributed by atoms with van der Waals surface area (Å²) in [5.74, 6) is 1.38. The van der Waals surface area contributed by atoms with Crippen LogP contribution in [0.4, 0.5) is 27.9 Å². The van der Waals surface area contributed by atoms with Crippen molar-refractivity contribution >= 4 is 46.0 Å². The lowest BCUT2D eigenvalue weighted by molar-refractivity contribution is 0.0927. The molecule has 4 aromatic rings. The van der Waals surface area contributed by atoms with Gasteiger partial charge in [0.05, 0.1) is 16.8 Å². The zero-order chi connectivity index (χ0) is 29.8. The third kappa shape index (κ3) is 6.71. The van der Waals surface area contributed by atoms with Gasteiger partial charge in [0.1, 0.15) is 11.6 Å². The van der Waals surface area contributed by atoms with Gasteiger partial charge in [0, 0.05) is 37.3 Å². The zero-order valence-electron chi connectivity index (χ0n) is 24.4. The molecule has 0 saturated heterocycles. The lowest BCUT2D eigenvalue weighted by atomic mass is 9.91. The minimum atomic E-state index is -0.471. The van der Waals surface area contributed by atoms with E-state index < -0.39 is 6.03 Å². The minimum Gasteiger partial charge on any atom is -0.508 e. The van der Waals surface area contributed by atoms with Crippen LogP contribution in [0, 0.1) is 13.8 Å². The van der Waals surface area contributed by atoms with Gasteiger partial charge in [0.15, 0.2) is 0 Å². The van der Waals surface area contributed by atoms with Crippen molar-refractivity contribution in [2.75, 3.05) is 34.9 Å². The van der Waals surface area contributed by atoms with Gasteiger partial charge in [0.2, 0.25) is 5.95 Å². The first-order valence-corrected chi connectivity index (χ1v) is 14.2. The van der Waals surface area contributed by atoms with Crippen molar-refractivity contribution in [1.82, 2.24) is 15.3 Å². The predicted molar refractivity (Wildman–Crippen MR) is 168 cm³/mol. The molecular formula is C32H37N7O3. The second-order valence-corrected chi connectivity index (χ2v) is 11.1. The van der Waals surface area contributed by atoms with Gasteiger partial charge in [-0.25, -0.2) is 9.78 Å². The van der Waals surface area contributed by atoms with Crippen LogP contribution in [0.2, 0.25) is 0 Å². The van der Waals surface area contributed by atoms with Crippen LogP contribution in [0.5, 0.6) is 5.75 Å². The average Bonchev–Trinajstić information content (AvgIpc) is 2.96. The maximum Gasteiger partial charge on any atom is 0.323 e. The number of para-hydroxylation sites is 1. The molecule has 0 radical (unpaired) electrons. The smallest absolute Gasteiger partial charge is 0.323 e. The van der Waals surface area contributed by atoms with Crippen LogP contribution < -0.4 is 26.2 Å². The molecule has 3 aromatic carbocycles. The number of phenols is 1. The van der Waals surface area contributed by atoms with Crippen molar-refractivity contribution in [3.63, 3.8) is 0 Å². The van der Waals surface area contributed by atoms with E-state index in [-0.39, 0.29) is 23.7 Å². The van der Waals surface area contributed by atoms with Gasteiger partial charge < -0.3 is 31.3 Å². The van der Waals surface area contributed by atoms with Crippen LogP contribution in [0.15, 0.2) is 60.7 Å². The standard InChI is InChI=1S/C32H37N7O3/c1-19-17-20(2)28(37-32(42)35-23-13-15-24(40)16-14-23)26(18-19)30(41)33-21-9-11-22(12-10-21)34-31-36-27-8-6-5-7-25(27)29(38-31)39(3)4/h5-8,13-18,21-22,40H,9-12H2,1-4H3,(H,33,41)(H,34,36,38)(H2,35,37,42). The molecule has 10 nitrogen and oxygen atoms in total. The summed E-state index contributed by atoms with van der Waals surface area (Å²) in [5.41, 5.74) is 4.04. The molecule has 1 aliphatic carbocycles. The number of rotatable bonds is 7. The Labute approximate surface area is 245 Å². The minimum absolute atomic E-state index is 0.0184. The van der Waals surface area contributed by atoms with Crippen LogP contribution in [0.25, 0.3) is 10.9 Å². The second-order valence-electron chi connectivity index (χ2n) is 11.1. The number of aromatic nitrogens is 2. The Kier molecular flexibility index (Phi) is 8.42. The highest BCUT2D eigenvalue weighted by Gasteiger charge is 2.25. The molecule has 1 heterocycles. The van der Waals surface area contributed by atoms with E-state index in [1.807, 2.05) is 63.2 Å². The molecular weight excluding hydrogens is 530 g/mol. The second kappa shape index (κ2) is 12.3. The fraction of sp³-hybridized carbons (Fsp3) is 0.312. The summed E-state index contributed by atoms with van der Waals surface area (Å²) in [6.07, 6.45) is 3.36. The number of fused-ring (bicyclic) bond motifs is 1. The van der Waals surface area contributed by atoms with Crippen molar-refractivity contribution in [3.05, 3.63) is 77.4 Å². The first-order valence-electron chi connectivity index (χ1n) is 14.2. The van der Waals surface area contributed by atoms with Gasteiger partial charge in [-0.1, -0.05) is 18.2 Å². The first kappa shape index (κ1) is 28.7. The van der Waals surface area contributed by atoms with E-state index in [0.29, 0.717) is 22.9 Å². The van der Waals surface area contributed by atoms with Gasteiger partial charge >= 0.3 is 6.03 Å². The number of amides is 3. The van der Waals surface area contributed by atoms with Crippen molar-refractivity contribution in [2.24, 2.45) is 0 Å². The van der Waals surface area contributed by atoms with Gasteiger partial charge in [0.25, 0.3) is 5.91 Å². The molecule has 5 rings (SSSR count). The Morgan fingerprint density at radius 1 is 0.881 bits per heavy atom. The molecule has 218 valence electrons. The summed E-state index contributed by atoms with van der Waals surface area (Å²) in [7, 11) is 3.95. The summed E-state index contributed by atoms with van der Waals surface area (Å²) < 4.78 is 0. The number of urea groups is 1. The molecule has 0 bridgehead atoms. The molecule has 5 N–H and O–H groups in total. The average molecular weight is 568 g/mol. The molecule has 10 heteroatoms. The van der Waals surface area contributed by atoms with E-state index >= 15 is 0 Å². The maximum absolute atomic E-state index is 13.5. The van der Waals surface area contributed by atoms with Gasteiger partial charge in [-0.2, -0.15) is 4.98 Å².